The van der Waals surface area contributed by atoms with Crippen molar-refractivity contribution < 1.29 is 14.2 Å². The number of anilines is 1. The number of nitrogens with zero attached hydrogens (tertiary/aromatic N) is 1. The summed E-state index contributed by atoms with van der Waals surface area (Å²) in [5.74, 6) is -0.345. The Morgan fingerprint density at radius 1 is 1.56 bits per heavy atom. The molecule has 18 heavy (non-hydrogen) atoms. The monoisotopic (exact) mass is 253 g/mol. The van der Waals surface area contributed by atoms with Crippen LogP contribution in [0.2, 0.25) is 0 Å². The van der Waals surface area contributed by atoms with Crippen molar-refractivity contribution in [1.82, 2.24) is 0 Å². The van der Waals surface area contributed by atoms with Crippen LogP contribution in [0.25, 0.3) is 0 Å². The van der Waals surface area contributed by atoms with E-state index in [9.17, 15) is 9.50 Å². The van der Waals surface area contributed by atoms with Crippen LogP contribution in [0.5, 0.6) is 0 Å². The zero-order valence-corrected chi connectivity index (χ0v) is 10.9. The quantitative estimate of drug-likeness (QED) is 0.898. The Morgan fingerprint density at radius 2 is 2.33 bits per heavy atom. The van der Waals surface area contributed by atoms with E-state index in [1.165, 1.54) is 6.07 Å². The molecule has 4 heteroatoms. The maximum absolute atomic E-state index is 13.8. The van der Waals surface area contributed by atoms with Crippen molar-refractivity contribution in [3.8, 4) is 0 Å². The summed E-state index contributed by atoms with van der Waals surface area (Å²) in [4.78, 5) is 2.10. The highest BCUT2D eigenvalue weighted by atomic mass is 19.1. The first kappa shape index (κ1) is 13.3. The number of hydrogen-bond donors (Lipinski definition) is 1. The van der Waals surface area contributed by atoms with E-state index >= 15 is 0 Å². The number of hydrogen-bond acceptors (Lipinski definition) is 3. The minimum Gasteiger partial charge on any atom is -0.389 e. The lowest BCUT2D eigenvalue weighted by molar-refractivity contribution is 0.0382. The molecule has 0 bridgehead atoms. The first-order valence-corrected chi connectivity index (χ1v) is 6.46. The smallest absolute Gasteiger partial charge is 0.131 e. The predicted octanol–water partition coefficient (Wildman–Crippen LogP) is 2.49. The molecular formula is C14H20FNO2. The van der Waals surface area contributed by atoms with Gasteiger partial charge < -0.3 is 14.7 Å². The van der Waals surface area contributed by atoms with Crippen molar-refractivity contribution in [3.05, 3.63) is 29.6 Å². The summed E-state index contributed by atoms with van der Waals surface area (Å²) in [6, 6.07) is 4.94. The molecule has 3 nitrogen and oxygen atoms in total. The first-order valence-electron chi connectivity index (χ1n) is 6.46. The molecular weight excluding hydrogens is 233 g/mol. The van der Waals surface area contributed by atoms with E-state index in [0.29, 0.717) is 12.2 Å². The summed E-state index contributed by atoms with van der Waals surface area (Å²) < 4.78 is 19.4. The average molecular weight is 253 g/mol. The predicted molar refractivity (Wildman–Crippen MR) is 69.3 cm³/mol. The van der Waals surface area contributed by atoms with Gasteiger partial charge in [0.2, 0.25) is 0 Å². The van der Waals surface area contributed by atoms with E-state index in [1.54, 1.807) is 13.0 Å². The lowest BCUT2D eigenvalue weighted by Gasteiger charge is -2.35. The van der Waals surface area contributed by atoms with Crippen LogP contribution in [-0.4, -0.2) is 30.9 Å². The Bertz CT molecular complexity index is 409. The van der Waals surface area contributed by atoms with Gasteiger partial charge in [-0.15, -0.1) is 0 Å². The number of benzene rings is 1. The normalized spacial score (nSPS) is 22.0. The SMILES string of the molecule is CCC1CN(c2cccc(F)c2[C@@H](C)O)CCO1. The second-order valence-corrected chi connectivity index (χ2v) is 4.70. The van der Waals surface area contributed by atoms with E-state index in [0.717, 1.165) is 25.2 Å². The zero-order valence-electron chi connectivity index (χ0n) is 10.9. The van der Waals surface area contributed by atoms with Crippen molar-refractivity contribution in [2.75, 3.05) is 24.6 Å². The van der Waals surface area contributed by atoms with Crippen LogP contribution in [0.3, 0.4) is 0 Å². The molecule has 0 aliphatic carbocycles. The molecule has 1 unspecified atom stereocenters. The molecule has 1 aliphatic rings. The van der Waals surface area contributed by atoms with Gasteiger partial charge in [-0.05, 0) is 25.5 Å². The zero-order chi connectivity index (χ0) is 13.1. The van der Waals surface area contributed by atoms with Gasteiger partial charge in [0.15, 0.2) is 0 Å². The van der Waals surface area contributed by atoms with Gasteiger partial charge in [0, 0.05) is 24.3 Å². The summed E-state index contributed by atoms with van der Waals surface area (Å²) >= 11 is 0. The van der Waals surface area contributed by atoms with E-state index in [1.807, 2.05) is 6.07 Å². The van der Waals surface area contributed by atoms with Crippen LogP contribution in [-0.2, 0) is 4.74 Å². The maximum Gasteiger partial charge on any atom is 0.131 e. The topological polar surface area (TPSA) is 32.7 Å². The highest BCUT2D eigenvalue weighted by Crippen LogP contribution is 2.30. The second kappa shape index (κ2) is 5.67. The number of aliphatic hydroxyl groups is 1. The fraction of sp³-hybridized carbons (Fsp3) is 0.571. The van der Waals surface area contributed by atoms with Crippen molar-refractivity contribution in [2.24, 2.45) is 0 Å². The van der Waals surface area contributed by atoms with Crippen molar-refractivity contribution in [1.29, 1.82) is 0 Å². The number of ether oxygens (including phenoxy) is 1. The number of rotatable bonds is 3. The average Bonchev–Trinajstić information content (AvgIpc) is 2.38. The summed E-state index contributed by atoms with van der Waals surface area (Å²) in [7, 11) is 0. The summed E-state index contributed by atoms with van der Waals surface area (Å²) in [5, 5.41) is 9.74. The van der Waals surface area contributed by atoms with Crippen LogP contribution in [0.4, 0.5) is 10.1 Å². The molecule has 0 spiro atoms. The molecule has 1 aromatic rings. The molecule has 0 aromatic heterocycles. The van der Waals surface area contributed by atoms with Crippen LogP contribution < -0.4 is 4.90 Å². The highest BCUT2D eigenvalue weighted by molar-refractivity contribution is 5.55. The summed E-state index contributed by atoms with van der Waals surface area (Å²) in [5.41, 5.74) is 1.17. The second-order valence-electron chi connectivity index (χ2n) is 4.70. The third-order valence-corrected chi connectivity index (χ3v) is 3.38. The Balaban J connectivity index is 2.29. The third-order valence-electron chi connectivity index (χ3n) is 3.38. The number of aliphatic hydroxyl groups excluding tert-OH is 1. The largest absolute Gasteiger partial charge is 0.389 e. The molecule has 1 aliphatic heterocycles. The fourth-order valence-corrected chi connectivity index (χ4v) is 2.40. The van der Waals surface area contributed by atoms with Crippen LogP contribution in [0, 0.1) is 5.82 Å². The Kier molecular flexibility index (Phi) is 4.19. The molecule has 1 saturated heterocycles. The Morgan fingerprint density at radius 3 is 3.00 bits per heavy atom. The first-order chi connectivity index (χ1) is 8.63. The van der Waals surface area contributed by atoms with E-state index in [2.05, 4.69) is 11.8 Å². The van der Waals surface area contributed by atoms with E-state index in [-0.39, 0.29) is 11.9 Å². The van der Waals surface area contributed by atoms with Gasteiger partial charge in [-0.3, -0.25) is 0 Å². The molecule has 0 radical (unpaired) electrons. The minimum atomic E-state index is -0.802. The molecule has 1 aromatic carbocycles. The molecule has 2 atom stereocenters. The number of halogens is 1. The van der Waals surface area contributed by atoms with Gasteiger partial charge in [-0.25, -0.2) is 4.39 Å². The van der Waals surface area contributed by atoms with Gasteiger partial charge in [-0.1, -0.05) is 13.0 Å². The lowest BCUT2D eigenvalue weighted by Crippen LogP contribution is -2.42. The van der Waals surface area contributed by atoms with Gasteiger partial charge in [-0.2, -0.15) is 0 Å². The number of morpholine rings is 1. The van der Waals surface area contributed by atoms with Gasteiger partial charge in [0.1, 0.15) is 5.82 Å². The van der Waals surface area contributed by atoms with Crippen LogP contribution in [0.15, 0.2) is 18.2 Å². The highest BCUT2D eigenvalue weighted by Gasteiger charge is 2.23. The third kappa shape index (κ3) is 2.65. The van der Waals surface area contributed by atoms with Crippen molar-refractivity contribution >= 4 is 5.69 Å². The van der Waals surface area contributed by atoms with Gasteiger partial charge in [0.05, 0.1) is 18.8 Å². The van der Waals surface area contributed by atoms with Gasteiger partial charge >= 0.3 is 0 Å². The van der Waals surface area contributed by atoms with Crippen LogP contribution in [0.1, 0.15) is 31.9 Å². The molecule has 2 rings (SSSR count). The Labute approximate surface area is 107 Å². The molecule has 1 N–H and O–H groups in total. The van der Waals surface area contributed by atoms with Crippen molar-refractivity contribution in [2.45, 2.75) is 32.5 Å². The molecule has 0 amide bonds. The van der Waals surface area contributed by atoms with Gasteiger partial charge in [0.25, 0.3) is 0 Å². The lowest BCUT2D eigenvalue weighted by atomic mass is 10.1. The summed E-state index contributed by atoms with van der Waals surface area (Å²) in [6.45, 7) is 5.81. The van der Waals surface area contributed by atoms with E-state index in [4.69, 9.17) is 4.74 Å². The van der Waals surface area contributed by atoms with E-state index < -0.39 is 6.10 Å². The minimum absolute atomic E-state index is 0.184. The molecule has 100 valence electrons. The summed E-state index contributed by atoms with van der Waals surface area (Å²) in [6.07, 6.45) is 0.323. The maximum atomic E-state index is 13.8. The Hall–Kier alpha value is -1.13. The van der Waals surface area contributed by atoms with Crippen LogP contribution >= 0.6 is 0 Å². The van der Waals surface area contributed by atoms with Crippen molar-refractivity contribution in [3.63, 3.8) is 0 Å². The standard InChI is InChI=1S/C14H20FNO2/c1-3-11-9-16(7-8-18-11)13-6-4-5-12(15)14(13)10(2)17/h4-6,10-11,17H,3,7-9H2,1-2H3/t10-,11?/m1/s1. The molecule has 1 heterocycles. The molecule has 0 saturated carbocycles. The fourth-order valence-electron chi connectivity index (χ4n) is 2.40. The molecule has 1 fully saturated rings.